The van der Waals surface area contributed by atoms with Crippen LogP contribution >= 0.6 is 0 Å². The molecule has 2 N–H and O–H groups in total. The summed E-state index contributed by atoms with van der Waals surface area (Å²) in [6.07, 6.45) is -1.12. The number of hydrogen-bond acceptors (Lipinski definition) is 4. The summed E-state index contributed by atoms with van der Waals surface area (Å²) in [6, 6.07) is 16.8. The molecule has 0 aliphatic carbocycles. The smallest absolute Gasteiger partial charge is 0.305 e. The zero-order valence-corrected chi connectivity index (χ0v) is 13.7. The van der Waals surface area contributed by atoms with Gasteiger partial charge in [0.1, 0.15) is 11.8 Å². The average molecular weight is 338 g/mol. The van der Waals surface area contributed by atoms with Gasteiger partial charge in [-0.15, -0.1) is 0 Å². The lowest BCUT2D eigenvalue weighted by Crippen LogP contribution is -2.39. The van der Waals surface area contributed by atoms with Crippen LogP contribution in [0.3, 0.4) is 0 Å². The molecule has 0 radical (unpaired) electrons. The van der Waals surface area contributed by atoms with Gasteiger partial charge in [-0.1, -0.05) is 42.5 Å². The number of carboxylic acid groups (broad SMARTS) is 1. The van der Waals surface area contributed by atoms with E-state index in [1.54, 1.807) is 55.5 Å². The zero-order chi connectivity index (χ0) is 18.2. The molecule has 1 amide bonds. The van der Waals surface area contributed by atoms with Gasteiger partial charge in [0.05, 0.1) is 18.0 Å². The van der Waals surface area contributed by atoms with Gasteiger partial charge in [-0.25, -0.2) is 0 Å². The van der Waals surface area contributed by atoms with E-state index in [1.807, 2.05) is 12.1 Å². The Morgan fingerprint density at radius 3 is 2.44 bits per heavy atom. The van der Waals surface area contributed by atoms with Crippen LogP contribution in [0.1, 0.15) is 30.5 Å². The molecule has 6 heteroatoms. The van der Waals surface area contributed by atoms with Crippen molar-refractivity contribution < 1.29 is 19.4 Å². The van der Waals surface area contributed by atoms with Gasteiger partial charge < -0.3 is 15.2 Å². The van der Waals surface area contributed by atoms with Crippen molar-refractivity contribution in [3.05, 3.63) is 65.7 Å². The molecule has 2 aromatic rings. The van der Waals surface area contributed by atoms with Crippen LogP contribution in [0.2, 0.25) is 0 Å². The van der Waals surface area contributed by atoms with Crippen LogP contribution in [-0.2, 0) is 9.59 Å². The molecule has 25 heavy (non-hydrogen) atoms. The quantitative estimate of drug-likeness (QED) is 0.808. The Kier molecular flexibility index (Phi) is 6.13. The van der Waals surface area contributed by atoms with Crippen LogP contribution in [0, 0.1) is 11.3 Å². The van der Waals surface area contributed by atoms with Crippen molar-refractivity contribution >= 4 is 11.9 Å². The molecule has 0 aromatic heterocycles. The van der Waals surface area contributed by atoms with E-state index < -0.39 is 24.0 Å². The Balaban J connectivity index is 2.09. The molecule has 0 aliphatic rings. The van der Waals surface area contributed by atoms with E-state index in [9.17, 15) is 9.59 Å². The number of ether oxygens (including phenoxy) is 1. The number of amides is 1. The van der Waals surface area contributed by atoms with E-state index in [2.05, 4.69) is 5.32 Å². The van der Waals surface area contributed by atoms with Gasteiger partial charge >= 0.3 is 5.97 Å². The highest BCUT2D eigenvalue weighted by atomic mass is 16.5. The monoisotopic (exact) mass is 338 g/mol. The third-order valence-electron chi connectivity index (χ3n) is 3.58. The van der Waals surface area contributed by atoms with Gasteiger partial charge in [0.15, 0.2) is 6.10 Å². The van der Waals surface area contributed by atoms with Gasteiger partial charge in [0, 0.05) is 0 Å². The molecule has 0 spiro atoms. The lowest BCUT2D eigenvalue weighted by Gasteiger charge is -2.21. The molecule has 0 unspecified atom stereocenters. The van der Waals surface area contributed by atoms with E-state index in [4.69, 9.17) is 15.1 Å². The standard InChI is InChI=1S/C19H18N2O4/c1-13(25-17-10-6-5-9-15(17)12-20)19(24)21-16(11-18(22)23)14-7-3-2-4-8-14/h2-10,13,16H,11H2,1H3,(H,21,24)(H,22,23)/t13-,16+/m1/s1. The normalized spacial score (nSPS) is 12.5. The van der Waals surface area contributed by atoms with Crippen molar-refractivity contribution in [2.45, 2.75) is 25.5 Å². The van der Waals surface area contributed by atoms with Crippen molar-refractivity contribution in [2.75, 3.05) is 0 Å². The summed E-state index contributed by atoms with van der Waals surface area (Å²) in [4.78, 5) is 23.5. The summed E-state index contributed by atoms with van der Waals surface area (Å²) in [5.41, 5.74) is 1.02. The van der Waals surface area contributed by atoms with Crippen molar-refractivity contribution in [3.63, 3.8) is 0 Å². The average Bonchev–Trinajstić information content (AvgIpc) is 2.62. The number of carboxylic acids is 1. The lowest BCUT2D eigenvalue weighted by atomic mass is 10.0. The van der Waals surface area contributed by atoms with Gasteiger partial charge in [-0.2, -0.15) is 5.26 Å². The van der Waals surface area contributed by atoms with Crippen LogP contribution < -0.4 is 10.1 Å². The molecule has 0 saturated heterocycles. The van der Waals surface area contributed by atoms with Crippen LogP contribution in [0.4, 0.5) is 0 Å². The van der Waals surface area contributed by atoms with E-state index >= 15 is 0 Å². The van der Waals surface area contributed by atoms with Crippen molar-refractivity contribution in [2.24, 2.45) is 0 Å². The molecule has 0 heterocycles. The number of rotatable bonds is 7. The minimum atomic E-state index is -1.02. The number of para-hydroxylation sites is 1. The summed E-state index contributed by atoms with van der Waals surface area (Å²) < 4.78 is 5.56. The molecular formula is C19H18N2O4. The van der Waals surface area contributed by atoms with Crippen LogP contribution in [0.25, 0.3) is 0 Å². The third-order valence-corrected chi connectivity index (χ3v) is 3.58. The second-order valence-electron chi connectivity index (χ2n) is 5.44. The number of carbonyl (C=O) groups excluding carboxylic acids is 1. The van der Waals surface area contributed by atoms with Crippen LogP contribution in [0.5, 0.6) is 5.75 Å². The fourth-order valence-electron chi connectivity index (χ4n) is 2.31. The summed E-state index contributed by atoms with van der Waals surface area (Å²) in [7, 11) is 0. The summed E-state index contributed by atoms with van der Waals surface area (Å²) in [5, 5.41) is 20.8. The Labute approximate surface area is 145 Å². The van der Waals surface area contributed by atoms with E-state index in [0.29, 0.717) is 16.9 Å². The van der Waals surface area contributed by atoms with Gasteiger partial charge in [-0.3, -0.25) is 9.59 Å². The first-order valence-corrected chi connectivity index (χ1v) is 7.74. The van der Waals surface area contributed by atoms with Crippen molar-refractivity contribution in [3.8, 4) is 11.8 Å². The Morgan fingerprint density at radius 1 is 1.16 bits per heavy atom. The number of aliphatic carboxylic acids is 1. The number of carbonyl (C=O) groups is 2. The number of nitrogens with one attached hydrogen (secondary N) is 1. The fourth-order valence-corrected chi connectivity index (χ4v) is 2.31. The summed E-state index contributed by atoms with van der Waals surface area (Å²) in [6.45, 7) is 1.55. The highest BCUT2D eigenvalue weighted by Crippen LogP contribution is 2.20. The number of nitrogens with zero attached hydrogens (tertiary/aromatic N) is 1. The molecule has 0 saturated carbocycles. The molecule has 0 aliphatic heterocycles. The zero-order valence-electron chi connectivity index (χ0n) is 13.7. The molecule has 0 bridgehead atoms. The van der Waals surface area contributed by atoms with Crippen molar-refractivity contribution in [1.82, 2.24) is 5.32 Å². The minimum absolute atomic E-state index is 0.239. The maximum atomic E-state index is 12.4. The highest BCUT2D eigenvalue weighted by molar-refractivity contribution is 5.82. The second kappa shape index (κ2) is 8.50. The first-order valence-electron chi connectivity index (χ1n) is 7.74. The van der Waals surface area contributed by atoms with Crippen LogP contribution in [0.15, 0.2) is 54.6 Å². The van der Waals surface area contributed by atoms with Crippen LogP contribution in [-0.4, -0.2) is 23.1 Å². The first-order chi connectivity index (χ1) is 12.0. The Bertz CT molecular complexity index is 784. The maximum Gasteiger partial charge on any atom is 0.305 e. The minimum Gasteiger partial charge on any atom is -0.481 e. The molecule has 0 fully saturated rings. The van der Waals surface area contributed by atoms with Gasteiger partial charge in [-0.05, 0) is 24.6 Å². The Morgan fingerprint density at radius 2 is 1.80 bits per heavy atom. The molecule has 6 nitrogen and oxygen atoms in total. The first kappa shape index (κ1) is 18.0. The van der Waals surface area contributed by atoms with E-state index in [-0.39, 0.29) is 6.42 Å². The topological polar surface area (TPSA) is 99.4 Å². The highest BCUT2D eigenvalue weighted by Gasteiger charge is 2.22. The third kappa shape index (κ3) is 5.08. The molecule has 128 valence electrons. The molecule has 2 aromatic carbocycles. The Hall–Kier alpha value is -3.33. The fraction of sp³-hybridized carbons (Fsp3) is 0.211. The SMILES string of the molecule is C[C@@H](Oc1ccccc1C#N)C(=O)N[C@@H](CC(=O)O)c1ccccc1. The number of nitriles is 1. The maximum absolute atomic E-state index is 12.4. The number of hydrogen-bond donors (Lipinski definition) is 2. The lowest BCUT2D eigenvalue weighted by molar-refractivity contribution is -0.138. The molecular weight excluding hydrogens is 320 g/mol. The summed E-state index contributed by atoms with van der Waals surface area (Å²) in [5.74, 6) is -1.16. The predicted molar refractivity (Wildman–Crippen MR) is 90.8 cm³/mol. The molecule has 2 atom stereocenters. The van der Waals surface area contributed by atoms with Gasteiger partial charge in [0.25, 0.3) is 5.91 Å². The second-order valence-corrected chi connectivity index (χ2v) is 5.44. The number of benzene rings is 2. The van der Waals surface area contributed by atoms with Crippen molar-refractivity contribution in [1.29, 1.82) is 5.26 Å². The van der Waals surface area contributed by atoms with Gasteiger partial charge in [0.2, 0.25) is 0 Å². The molecule has 2 rings (SSSR count). The van der Waals surface area contributed by atoms with E-state index in [0.717, 1.165) is 0 Å². The summed E-state index contributed by atoms with van der Waals surface area (Å²) >= 11 is 0. The van der Waals surface area contributed by atoms with E-state index in [1.165, 1.54) is 0 Å². The largest absolute Gasteiger partial charge is 0.481 e. The predicted octanol–water partition coefficient (Wildman–Crippen LogP) is 2.66.